The normalized spacial score (nSPS) is 14.3. The Kier molecular flexibility index (Phi) is 5.07. The number of hydrogen-bond donors (Lipinski definition) is 2. The summed E-state index contributed by atoms with van der Waals surface area (Å²) < 4.78 is 5.22. The molecule has 5 heteroatoms. The number of hydrogen-bond acceptors (Lipinski definition) is 4. The molecule has 1 amide bonds. The van der Waals surface area contributed by atoms with Gasteiger partial charge >= 0.3 is 0 Å². The van der Waals surface area contributed by atoms with E-state index in [0.717, 1.165) is 46.5 Å². The van der Waals surface area contributed by atoms with Crippen molar-refractivity contribution < 1.29 is 14.6 Å². The van der Waals surface area contributed by atoms with Crippen molar-refractivity contribution in [2.75, 3.05) is 12.4 Å². The zero-order chi connectivity index (χ0) is 20.4. The molecule has 0 bridgehead atoms. The summed E-state index contributed by atoms with van der Waals surface area (Å²) in [6.07, 6.45) is 1.64. The van der Waals surface area contributed by atoms with Gasteiger partial charge in [-0.05, 0) is 60.7 Å². The molecule has 1 fully saturated rings. The van der Waals surface area contributed by atoms with Crippen LogP contribution in [0.25, 0.3) is 11.3 Å². The van der Waals surface area contributed by atoms with Crippen LogP contribution < -0.4 is 10.1 Å². The molecule has 29 heavy (non-hydrogen) atoms. The number of rotatable bonds is 6. The summed E-state index contributed by atoms with van der Waals surface area (Å²) in [6.45, 7) is 1.97. The van der Waals surface area contributed by atoms with E-state index in [-0.39, 0.29) is 12.5 Å². The largest absolute Gasteiger partial charge is 0.497 e. The predicted octanol–water partition coefficient (Wildman–Crippen LogP) is 4.23. The molecule has 0 radical (unpaired) electrons. The van der Waals surface area contributed by atoms with Crippen molar-refractivity contribution >= 4 is 11.7 Å². The van der Waals surface area contributed by atoms with Gasteiger partial charge < -0.3 is 15.2 Å². The van der Waals surface area contributed by atoms with Crippen LogP contribution in [-0.2, 0) is 16.8 Å². The van der Waals surface area contributed by atoms with Gasteiger partial charge in [-0.15, -0.1) is 0 Å². The first kappa shape index (κ1) is 19.2. The topological polar surface area (TPSA) is 71.5 Å². The second-order valence-electron chi connectivity index (χ2n) is 7.49. The monoisotopic (exact) mass is 388 g/mol. The maximum atomic E-state index is 13.1. The molecular formula is C24H24N2O3. The molecular weight excluding hydrogens is 364 g/mol. The van der Waals surface area contributed by atoms with Crippen LogP contribution in [0, 0.1) is 6.92 Å². The number of carbonyl (C=O) groups is 1. The molecule has 1 aliphatic carbocycles. The number of methoxy groups -OCH3 is 1. The molecule has 0 unspecified atom stereocenters. The van der Waals surface area contributed by atoms with E-state index in [1.54, 1.807) is 7.11 Å². The number of aliphatic hydroxyl groups is 1. The highest BCUT2D eigenvalue weighted by Gasteiger charge is 2.51. The number of nitrogens with zero attached hydrogens (tertiary/aromatic N) is 1. The third-order valence-electron chi connectivity index (χ3n) is 5.55. The third kappa shape index (κ3) is 3.74. The van der Waals surface area contributed by atoms with Crippen molar-refractivity contribution in [3.8, 4) is 17.0 Å². The molecule has 2 N–H and O–H groups in total. The van der Waals surface area contributed by atoms with E-state index in [9.17, 15) is 9.90 Å². The standard InChI is InChI=1S/C24H24N2O3/c1-16-6-11-21(25-22(16)18-5-3-4-17(14-18)15-27)26-23(28)24(12-13-24)19-7-9-20(29-2)10-8-19/h3-11,14,27H,12-13,15H2,1-2H3,(H,25,26,28). The number of nitrogens with one attached hydrogen (secondary N) is 1. The summed E-state index contributed by atoms with van der Waals surface area (Å²) in [5, 5.41) is 12.4. The zero-order valence-corrected chi connectivity index (χ0v) is 16.6. The first-order chi connectivity index (χ1) is 14.1. The number of pyridine rings is 1. The van der Waals surface area contributed by atoms with Crippen molar-refractivity contribution in [2.24, 2.45) is 0 Å². The van der Waals surface area contributed by atoms with Crippen LogP contribution in [0.2, 0.25) is 0 Å². The average molecular weight is 388 g/mol. The third-order valence-corrected chi connectivity index (χ3v) is 5.55. The average Bonchev–Trinajstić information content (AvgIpc) is 3.57. The lowest BCUT2D eigenvalue weighted by atomic mass is 9.95. The highest BCUT2D eigenvalue weighted by molar-refractivity contribution is 6.01. The van der Waals surface area contributed by atoms with Crippen LogP contribution >= 0.6 is 0 Å². The maximum Gasteiger partial charge on any atom is 0.236 e. The fraction of sp³-hybridized carbons (Fsp3) is 0.250. The number of aryl methyl sites for hydroxylation is 1. The van der Waals surface area contributed by atoms with Gasteiger partial charge in [0.25, 0.3) is 0 Å². The minimum atomic E-state index is -0.490. The maximum absolute atomic E-state index is 13.1. The quantitative estimate of drug-likeness (QED) is 0.663. The number of benzene rings is 2. The molecule has 0 saturated heterocycles. The molecule has 4 rings (SSSR count). The van der Waals surface area contributed by atoms with Crippen LogP contribution in [0.3, 0.4) is 0 Å². The van der Waals surface area contributed by atoms with Gasteiger partial charge in [0.1, 0.15) is 11.6 Å². The van der Waals surface area contributed by atoms with E-state index in [2.05, 4.69) is 10.3 Å². The van der Waals surface area contributed by atoms with Crippen molar-refractivity contribution in [2.45, 2.75) is 31.8 Å². The van der Waals surface area contributed by atoms with Gasteiger partial charge in [-0.1, -0.05) is 36.4 Å². The minimum absolute atomic E-state index is 0.0201. The number of aliphatic hydroxyl groups excluding tert-OH is 1. The Morgan fingerprint density at radius 2 is 1.90 bits per heavy atom. The molecule has 0 spiro atoms. The van der Waals surface area contributed by atoms with Gasteiger partial charge in [0.15, 0.2) is 0 Å². The zero-order valence-electron chi connectivity index (χ0n) is 16.6. The van der Waals surface area contributed by atoms with E-state index < -0.39 is 5.41 Å². The SMILES string of the molecule is COc1ccc(C2(C(=O)Nc3ccc(C)c(-c4cccc(CO)c4)n3)CC2)cc1. The van der Waals surface area contributed by atoms with Crippen LogP contribution in [0.4, 0.5) is 5.82 Å². The predicted molar refractivity (Wildman–Crippen MR) is 113 cm³/mol. The van der Waals surface area contributed by atoms with Crippen molar-refractivity contribution in [1.82, 2.24) is 4.98 Å². The van der Waals surface area contributed by atoms with Crippen LogP contribution in [-0.4, -0.2) is 23.1 Å². The Bertz CT molecular complexity index is 1040. The molecule has 1 aromatic heterocycles. The number of anilines is 1. The van der Waals surface area contributed by atoms with E-state index in [1.165, 1.54) is 0 Å². The van der Waals surface area contributed by atoms with Gasteiger partial charge in [0.2, 0.25) is 5.91 Å². The molecule has 0 atom stereocenters. The first-order valence-electron chi connectivity index (χ1n) is 9.69. The molecule has 0 aliphatic heterocycles. The van der Waals surface area contributed by atoms with E-state index in [0.29, 0.717) is 5.82 Å². The molecule has 1 saturated carbocycles. The number of ether oxygens (including phenoxy) is 1. The van der Waals surface area contributed by atoms with Crippen LogP contribution in [0.5, 0.6) is 5.75 Å². The Morgan fingerprint density at radius 3 is 2.55 bits per heavy atom. The van der Waals surface area contributed by atoms with Crippen molar-refractivity contribution in [3.05, 3.63) is 77.4 Å². The second kappa shape index (κ2) is 7.68. The second-order valence-corrected chi connectivity index (χ2v) is 7.49. The first-order valence-corrected chi connectivity index (χ1v) is 9.69. The molecule has 1 heterocycles. The summed E-state index contributed by atoms with van der Waals surface area (Å²) in [7, 11) is 1.63. The molecule has 148 valence electrons. The summed E-state index contributed by atoms with van der Waals surface area (Å²) in [4.78, 5) is 17.8. The summed E-state index contributed by atoms with van der Waals surface area (Å²) in [5.74, 6) is 1.28. The number of amides is 1. The van der Waals surface area contributed by atoms with Gasteiger partial charge in [0.05, 0.1) is 24.8 Å². The van der Waals surface area contributed by atoms with Crippen LogP contribution in [0.1, 0.15) is 29.5 Å². The Balaban J connectivity index is 1.58. The highest BCUT2D eigenvalue weighted by atomic mass is 16.5. The van der Waals surface area contributed by atoms with E-state index >= 15 is 0 Å². The Hall–Kier alpha value is -3.18. The highest BCUT2D eigenvalue weighted by Crippen LogP contribution is 2.49. The van der Waals surface area contributed by atoms with Gasteiger partial charge in [-0.25, -0.2) is 4.98 Å². The Labute approximate surface area is 170 Å². The molecule has 3 aromatic rings. The van der Waals surface area contributed by atoms with Gasteiger partial charge in [-0.2, -0.15) is 0 Å². The lowest BCUT2D eigenvalue weighted by Crippen LogP contribution is -2.28. The van der Waals surface area contributed by atoms with Gasteiger partial charge in [-0.3, -0.25) is 4.79 Å². The van der Waals surface area contributed by atoms with Crippen molar-refractivity contribution in [3.63, 3.8) is 0 Å². The molecule has 5 nitrogen and oxygen atoms in total. The Morgan fingerprint density at radius 1 is 1.14 bits per heavy atom. The lowest BCUT2D eigenvalue weighted by molar-refractivity contribution is -0.118. The summed E-state index contributed by atoms with van der Waals surface area (Å²) in [5.41, 5.74) is 4.06. The summed E-state index contributed by atoms with van der Waals surface area (Å²) >= 11 is 0. The molecule has 2 aromatic carbocycles. The minimum Gasteiger partial charge on any atom is -0.497 e. The summed E-state index contributed by atoms with van der Waals surface area (Å²) in [6, 6.07) is 19.1. The fourth-order valence-corrected chi connectivity index (χ4v) is 3.63. The fourth-order valence-electron chi connectivity index (χ4n) is 3.63. The smallest absolute Gasteiger partial charge is 0.236 e. The van der Waals surface area contributed by atoms with E-state index in [4.69, 9.17) is 4.74 Å². The number of carbonyl (C=O) groups excluding carboxylic acids is 1. The van der Waals surface area contributed by atoms with Crippen LogP contribution in [0.15, 0.2) is 60.7 Å². The lowest BCUT2D eigenvalue weighted by Gasteiger charge is -2.17. The number of aromatic nitrogens is 1. The molecule has 1 aliphatic rings. The van der Waals surface area contributed by atoms with Gasteiger partial charge in [0, 0.05) is 5.56 Å². The van der Waals surface area contributed by atoms with Crippen molar-refractivity contribution in [1.29, 1.82) is 0 Å². The van der Waals surface area contributed by atoms with E-state index in [1.807, 2.05) is 67.6 Å².